The Bertz CT molecular complexity index is 552. The molecule has 0 fully saturated rings. The number of nitrogen functional groups attached to an aromatic ring is 1. The molecule has 2 nitrogen and oxygen atoms in total. The highest BCUT2D eigenvalue weighted by Crippen LogP contribution is 2.21. The number of anilines is 1. The molecule has 2 rings (SSSR count). The zero-order valence-corrected chi connectivity index (χ0v) is 11.5. The van der Waals surface area contributed by atoms with Crippen LogP contribution < -0.4 is 5.73 Å². The van der Waals surface area contributed by atoms with Gasteiger partial charge in [-0.15, -0.1) is 0 Å². The second kappa shape index (κ2) is 6.04. The summed E-state index contributed by atoms with van der Waals surface area (Å²) < 4.78 is 13.7. The summed E-state index contributed by atoms with van der Waals surface area (Å²) in [5.74, 6) is -0.277. The van der Waals surface area contributed by atoms with E-state index in [0.717, 1.165) is 11.3 Å². The standard InChI is InChI=1S/C15H16ClFN2/c1-19(9-11-5-2-3-8-15(11)18)10-12-13(16)6-4-7-14(12)17/h2-8H,9-10,18H2,1H3. The second-order valence-corrected chi connectivity index (χ2v) is 4.98. The van der Waals surface area contributed by atoms with Gasteiger partial charge in [0.2, 0.25) is 0 Å². The van der Waals surface area contributed by atoms with E-state index in [2.05, 4.69) is 0 Å². The maximum Gasteiger partial charge on any atom is 0.129 e. The van der Waals surface area contributed by atoms with Crippen LogP contribution in [0.15, 0.2) is 42.5 Å². The van der Waals surface area contributed by atoms with Crippen LogP contribution in [0.25, 0.3) is 0 Å². The third kappa shape index (κ3) is 3.46. The molecule has 0 spiro atoms. The third-order valence-electron chi connectivity index (χ3n) is 2.99. The predicted octanol–water partition coefficient (Wildman–Crippen LogP) is 3.69. The molecular weight excluding hydrogens is 263 g/mol. The van der Waals surface area contributed by atoms with E-state index in [0.29, 0.717) is 23.7 Å². The minimum atomic E-state index is -0.277. The van der Waals surface area contributed by atoms with Gasteiger partial charge in [0.15, 0.2) is 0 Å². The Labute approximate surface area is 117 Å². The summed E-state index contributed by atoms with van der Waals surface area (Å²) in [4.78, 5) is 1.98. The number of hydrogen-bond donors (Lipinski definition) is 1. The van der Waals surface area contributed by atoms with E-state index in [1.54, 1.807) is 12.1 Å². The van der Waals surface area contributed by atoms with Gasteiger partial charge in [-0.1, -0.05) is 35.9 Å². The topological polar surface area (TPSA) is 29.3 Å². The van der Waals surface area contributed by atoms with Crippen LogP contribution in [0.3, 0.4) is 0 Å². The van der Waals surface area contributed by atoms with Crippen LogP contribution >= 0.6 is 11.6 Å². The molecule has 0 aliphatic rings. The first-order valence-corrected chi connectivity index (χ1v) is 6.40. The van der Waals surface area contributed by atoms with E-state index in [4.69, 9.17) is 17.3 Å². The highest BCUT2D eigenvalue weighted by Gasteiger charge is 2.10. The summed E-state index contributed by atoms with van der Waals surface area (Å²) >= 11 is 6.02. The number of nitrogens with two attached hydrogens (primary N) is 1. The highest BCUT2D eigenvalue weighted by molar-refractivity contribution is 6.31. The molecule has 0 aliphatic carbocycles. The first-order chi connectivity index (χ1) is 9.08. The van der Waals surface area contributed by atoms with Crippen molar-refractivity contribution >= 4 is 17.3 Å². The van der Waals surface area contributed by atoms with Crippen LogP contribution in [0.2, 0.25) is 5.02 Å². The van der Waals surface area contributed by atoms with E-state index in [1.165, 1.54) is 6.07 Å². The Hall–Kier alpha value is -1.58. The van der Waals surface area contributed by atoms with Crippen LogP contribution in [0.4, 0.5) is 10.1 Å². The van der Waals surface area contributed by atoms with Crippen LogP contribution in [-0.4, -0.2) is 11.9 Å². The fourth-order valence-electron chi connectivity index (χ4n) is 1.98. The molecule has 19 heavy (non-hydrogen) atoms. The molecule has 0 heterocycles. The largest absolute Gasteiger partial charge is 0.398 e. The Morgan fingerprint density at radius 3 is 2.53 bits per heavy atom. The molecule has 2 N–H and O–H groups in total. The molecular formula is C15H16ClFN2. The van der Waals surface area contributed by atoms with Crippen molar-refractivity contribution in [3.05, 3.63) is 64.4 Å². The Kier molecular flexibility index (Phi) is 4.40. The fraction of sp³-hybridized carbons (Fsp3) is 0.200. The van der Waals surface area contributed by atoms with E-state index in [1.807, 2.05) is 36.2 Å². The number of hydrogen-bond acceptors (Lipinski definition) is 2. The minimum Gasteiger partial charge on any atom is -0.398 e. The highest BCUT2D eigenvalue weighted by atomic mass is 35.5. The molecule has 0 saturated heterocycles. The Balaban J connectivity index is 2.10. The summed E-state index contributed by atoms with van der Waals surface area (Å²) in [7, 11) is 1.91. The fourth-order valence-corrected chi connectivity index (χ4v) is 2.20. The SMILES string of the molecule is CN(Cc1ccccc1N)Cc1c(F)cccc1Cl. The van der Waals surface area contributed by atoms with Gasteiger partial charge >= 0.3 is 0 Å². The average Bonchev–Trinajstić information content (AvgIpc) is 2.37. The minimum absolute atomic E-state index is 0.277. The lowest BCUT2D eigenvalue weighted by molar-refractivity contribution is 0.314. The molecule has 0 unspecified atom stereocenters. The molecule has 4 heteroatoms. The first-order valence-electron chi connectivity index (χ1n) is 6.02. The molecule has 0 bridgehead atoms. The van der Waals surface area contributed by atoms with Crippen LogP contribution in [0.5, 0.6) is 0 Å². The molecule has 100 valence electrons. The molecule has 2 aromatic rings. The molecule has 0 atom stereocenters. The van der Waals surface area contributed by atoms with E-state index >= 15 is 0 Å². The summed E-state index contributed by atoms with van der Waals surface area (Å²) in [5, 5.41) is 0.452. The molecule has 0 radical (unpaired) electrons. The predicted molar refractivity (Wildman–Crippen MR) is 77.4 cm³/mol. The summed E-state index contributed by atoms with van der Waals surface area (Å²) in [6.07, 6.45) is 0. The van der Waals surface area contributed by atoms with Crippen molar-refractivity contribution in [2.75, 3.05) is 12.8 Å². The maximum atomic E-state index is 13.7. The van der Waals surface area contributed by atoms with Crippen LogP contribution in [0, 0.1) is 5.82 Å². The van der Waals surface area contributed by atoms with Gasteiger partial charge in [0, 0.05) is 29.4 Å². The van der Waals surface area contributed by atoms with Crippen molar-refractivity contribution in [3.8, 4) is 0 Å². The van der Waals surface area contributed by atoms with Gasteiger partial charge in [-0.05, 0) is 30.8 Å². The lowest BCUT2D eigenvalue weighted by Gasteiger charge is -2.19. The average molecular weight is 279 g/mol. The smallest absolute Gasteiger partial charge is 0.129 e. The lowest BCUT2D eigenvalue weighted by Crippen LogP contribution is -2.19. The van der Waals surface area contributed by atoms with Crippen LogP contribution in [0.1, 0.15) is 11.1 Å². The monoisotopic (exact) mass is 278 g/mol. The molecule has 0 amide bonds. The van der Waals surface area contributed by atoms with Gasteiger partial charge in [0.05, 0.1) is 0 Å². The Morgan fingerprint density at radius 2 is 1.84 bits per heavy atom. The van der Waals surface area contributed by atoms with Crippen molar-refractivity contribution < 1.29 is 4.39 Å². The summed E-state index contributed by atoms with van der Waals surface area (Å²) in [6.45, 7) is 1.09. The Morgan fingerprint density at radius 1 is 1.11 bits per heavy atom. The van der Waals surface area contributed by atoms with Crippen molar-refractivity contribution in [3.63, 3.8) is 0 Å². The van der Waals surface area contributed by atoms with Gasteiger partial charge in [-0.3, -0.25) is 4.90 Å². The number of benzene rings is 2. The summed E-state index contributed by atoms with van der Waals surface area (Å²) in [6, 6.07) is 12.4. The van der Waals surface area contributed by atoms with Gasteiger partial charge < -0.3 is 5.73 Å². The quantitative estimate of drug-likeness (QED) is 0.864. The van der Waals surface area contributed by atoms with E-state index < -0.39 is 0 Å². The maximum absolute atomic E-state index is 13.7. The van der Waals surface area contributed by atoms with Gasteiger partial charge in [0.25, 0.3) is 0 Å². The van der Waals surface area contributed by atoms with Gasteiger partial charge in [0.1, 0.15) is 5.82 Å². The van der Waals surface area contributed by atoms with Gasteiger partial charge in [-0.2, -0.15) is 0 Å². The van der Waals surface area contributed by atoms with Gasteiger partial charge in [-0.25, -0.2) is 4.39 Å². The summed E-state index contributed by atoms with van der Waals surface area (Å²) in [5.41, 5.74) is 8.18. The molecule has 0 aromatic heterocycles. The van der Waals surface area contributed by atoms with Crippen molar-refractivity contribution in [1.82, 2.24) is 4.90 Å². The zero-order chi connectivity index (χ0) is 13.8. The number of halogens is 2. The molecule has 0 saturated carbocycles. The molecule has 0 aliphatic heterocycles. The first kappa shape index (κ1) is 13.8. The third-order valence-corrected chi connectivity index (χ3v) is 3.34. The van der Waals surface area contributed by atoms with Crippen LogP contribution in [-0.2, 0) is 13.1 Å². The zero-order valence-electron chi connectivity index (χ0n) is 10.7. The van der Waals surface area contributed by atoms with Crippen molar-refractivity contribution in [2.45, 2.75) is 13.1 Å². The number of nitrogens with zero attached hydrogens (tertiary/aromatic N) is 1. The number of para-hydroxylation sites is 1. The van der Waals surface area contributed by atoms with E-state index in [-0.39, 0.29) is 5.82 Å². The van der Waals surface area contributed by atoms with E-state index in [9.17, 15) is 4.39 Å². The van der Waals surface area contributed by atoms with Crippen molar-refractivity contribution in [2.24, 2.45) is 0 Å². The normalized spacial score (nSPS) is 10.9. The lowest BCUT2D eigenvalue weighted by atomic mass is 10.1. The number of rotatable bonds is 4. The second-order valence-electron chi connectivity index (χ2n) is 4.57. The van der Waals surface area contributed by atoms with Crippen molar-refractivity contribution in [1.29, 1.82) is 0 Å². The molecule has 2 aromatic carbocycles.